The number of hydrogen-bond acceptors (Lipinski definition) is 7. The van der Waals surface area contributed by atoms with Gasteiger partial charge in [-0.25, -0.2) is 4.98 Å². The second-order valence-corrected chi connectivity index (χ2v) is 10.8. The van der Waals surface area contributed by atoms with Gasteiger partial charge in [0.15, 0.2) is 0 Å². The smallest absolute Gasteiger partial charge is 0.225 e. The number of aromatic nitrogens is 3. The average molecular weight is 540 g/mol. The van der Waals surface area contributed by atoms with Crippen molar-refractivity contribution < 1.29 is 4.52 Å². The number of nitrogens with one attached hydrogen (secondary N) is 2. The summed E-state index contributed by atoms with van der Waals surface area (Å²) in [7, 11) is 4.04. The van der Waals surface area contributed by atoms with Gasteiger partial charge in [0, 0.05) is 43.2 Å². The van der Waals surface area contributed by atoms with E-state index in [9.17, 15) is 0 Å². The van der Waals surface area contributed by atoms with Gasteiger partial charge < -0.3 is 20.1 Å². The molecule has 1 saturated carbocycles. The first-order valence-electron chi connectivity index (χ1n) is 12.7. The lowest BCUT2D eigenvalue weighted by molar-refractivity contribution is 0.323. The van der Waals surface area contributed by atoms with E-state index in [1.807, 2.05) is 62.3 Å². The Bertz CT molecular complexity index is 1360. The predicted molar refractivity (Wildman–Crippen MR) is 152 cm³/mol. The molecule has 194 valence electrons. The van der Waals surface area contributed by atoms with E-state index in [4.69, 9.17) is 37.7 Å². The molecule has 0 radical (unpaired) electrons. The molecule has 2 aromatic heterocycles. The fourth-order valence-corrected chi connectivity index (χ4v) is 5.66. The first-order valence-corrected chi connectivity index (χ1v) is 13.5. The molecule has 2 heterocycles. The van der Waals surface area contributed by atoms with E-state index in [0.717, 1.165) is 65.8 Å². The highest BCUT2D eigenvalue weighted by Crippen LogP contribution is 2.37. The molecule has 1 aliphatic rings. The highest BCUT2D eigenvalue weighted by molar-refractivity contribution is 6.39. The number of nitrogens with zero attached hydrogens (tertiary/aromatic N) is 4. The van der Waals surface area contributed by atoms with Gasteiger partial charge in [-0.05, 0) is 69.3 Å². The van der Waals surface area contributed by atoms with E-state index < -0.39 is 0 Å². The maximum absolute atomic E-state index is 6.42. The van der Waals surface area contributed by atoms with Crippen molar-refractivity contribution >= 4 is 45.9 Å². The van der Waals surface area contributed by atoms with Crippen LogP contribution in [0.25, 0.3) is 22.2 Å². The van der Waals surface area contributed by atoms with Crippen LogP contribution >= 0.6 is 23.2 Å². The molecule has 5 rings (SSSR count). The van der Waals surface area contributed by atoms with E-state index in [0.29, 0.717) is 40.2 Å². The van der Waals surface area contributed by atoms with Gasteiger partial charge in [0.05, 0.1) is 15.6 Å². The van der Waals surface area contributed by atoms with E-state index in [1.54, 1.807) is 0 Å². The Morgan fingerprint density at radius 1 is 0.973 bits per heavy atom. The van der Waals surface area contributed by atoms with Gasteiger partial charge in [-0.2, -0.15) is 4.98 Å². The average Bonchev–Trinajstić information content (AvgIpc) is 3.24. The van der Waals surface area contributed by atoms with Crippen LogP contribution in [0.2, 0.25) is 10.0 Å². The number of fused-ring (bicyclic) bond motifs is 1. The molecule has 4 aromatic rings. The van der Waals surface area contributed by atoms with Crippen LogP contribution in [0.3, 0.4) is 0 Å². The summed E-state index contributed by atoms with van der Waals surface area (Å²) >= 11 is 12.8. The predicted octanol–water partition coefficient (Wildman–Crippen LogP) is 6.73. The standard InChI is InChI=1S/C28H32Cl2N6O/c1-17-21(26(35-37-17)25-22(29)8-6-9-23(25)30)16-31-15-18-11-13-19(14-12-18)32-28-33-24-10-5-4-7-20(24)27(34-28)36(2)3/h4-10,18-19,31H,11-16H2,1-3H3,(H,32,33,34). The number of benzene rings is 2. The lowest BCUT2D eigenvalue weighted by atomic mass is 9.86. The van der Waals surface area contributed by atoms with E-state index in [2.05, 4.69) is 21.9 Å². The maximum atomic E-state index is 6.42. The lowest BCUT2D eigenvalue weighted by Gasteiger charge is -2.29. The van der Waals surface area contributed by atoms with Crippen molar-refractivity contribution in [2.75, 3.05) is 30.9 Å². The molecule has 0 aliphatic heterocycles. The molecule has 0 unspecified atom stereocenters. The molecule has 0 spiro atoms. The van der Waals surface area contributed by atoms with Crippen LogP contribution in [0.5, 0.6) is 0 Å². The fraction of sp³-hybridized carbons (Fsp3) is 0.393. The minimum Gasteiger partial charge on any atom is -0.362 e. The van der Waals surface area contributed by atoms with E-state index in [1.165, 1.54) is 0 Å². The van der Waals surface area contributed by atoms with Crippen LogP contribution in [-0.2, 0) is 6.54 Å². The molecule has 1 aliphatic carbocycles. The van der Waals surface area contributed by atoms with Crippen molar-refractivity contribution in [1.82, 2.24) is 20.4 Å². The molecular formula is C28H32Cl2N6O. The van der Waals surface area contributed by atoms with Crippen molar-refractivity contribution in [2.45, 2.75) is 45.2 Å². The molecule has 1 fully saturated rings. The normalized spacial score (nSPS) is 17.8. The fourth-order valence-electron chi connectivity index (χ4n) is 5.08. The Balaban J connectivity index is 1.16. The summed E-state index contributed by atoms with van der Waals surface area (Å²) in [4.78, 5) is 11.6. The highest BCUT2D eigenvalue weighted by Gasteiger charge is 2.23. The summed E-state index contributed by atoms with van der Waals surface area (Å²) < 4.78 is 5.49. The molecule has 2 N–H and O–H groups in total. The molecule has 0 saturated heterocycles. The van der Waals surface area contributed by atoms with Crippen LogP contribution < -0.4 is 15.5 Å². The quantitative estimate of drug-likeness (QED) is 0.257. The van der Waals surface area contributed by atoms with E-state index in [-0.39, 0.29) is 0 Å². The summed E-state index contributed by atoms with van der Waals surface area (Å²) in [6.45, 7) is 3.51. The minimum atomic E-state index is 0.377. The third kappa shape index (κ3) is 5.69. The largest absolute Gasteiger partial charge is 0.362 e. The first-order chi connectivity index (χ1) is 17.9. The molecular weight excluding hydrogens is 507 g/mol. The molecule has 0 amide bonds. The summed E-state index contributed by atoms with van der Waals surface area (Å²) in [5.41, 5.74) is 3.39. The van der Waals surface area contributed by atoms with Crippen LogP contribution in [0, 0.1) is 12.8 Å². The third-order valence-corrected chi connectivity index (χ3v) is 7.74. The third-order valence-electron chi connectivity index (χ3n) is 7.11. The molecule has 0 bridgehead atoms. The molecule has 2 aromatic carbocycles. The Morgan fingerprint density at radius 2 is 1.70 bits per heavy atom. The van der Waals surface area contributed by atoms with Gasteiger partial charge in [-0.15, -0.1) is 0 Å². The number of rotatable bonds is 8. The topological polar surface area (TPSA) is 79.1 Å². The zero-order valence-corrected chi connectivity index (χ0v) is 22.9. The monoisotopic (exact) mass is 538 g/mol. The highest BCUT2D eigenvalue weighted by atomic mass is 35.5. The molecule has 9 heteroatoms. The van der Waals surface area contributed by atoms with Crippen molar-refractivity contribution in [3.8, 4) is 11.3 Å². The molecule has 7 nitrogen and oxygen atoms in total. The van der Waals surface area contributed by atoms with Crippen LogP contribution in [0.4, 0.5) is 11.8 Å². The van der Waals surface area contributed by atoms with Gasteiger partial charge in [0.25, 0.3) is 0 Å². The Hall–Kier alpha value is -2.87. The lowest BCUT2D eigenvalue weighted by Crippen LogP contribution is -2.31. The maximum Gasteiger partial charge on any atom is 0.225 e. The van der Waals surface area contributed by atoms with Gasteiger partial charge in [-0.3, -0.25) is 0 Å². The number of anilines is 2. The van der Waals surface area contributed by atoms with Gasteiger partial charge in [0.2, 0.25) is 5.95 Å². The SMILES string of the molecule is Cc1onc(-c2c(Cl)cccc2Cl)c1CNCC1CCC(Nc2nc(N(C)C)c3ccccc3n2)CC1. The Kier molecular flexibility index (Phi) is 7.84. The molecule has 37 heavy (non-hydrogen) atoms. The molecule has 0 atom stereocenters. The number of para-hydroxylation sites is 1. The van der Waals surface area contributed by atoms with Crippen molar-refractivity contribution in [2.24, 2.45) is 5.92 Å². The van der Waals surface area contributed by atoms with E-state index >= 15 is 0 Å². The summed E-state index contributed by atoms with van der Waals surface area (Å²) in [6, 6.07) is 14.0. The zero-order valence-electron chi connectivity index (χ0n) is 21.4. The van der Waals surface area contributed by atoms with Crippen molar-refractivity contribution in [1.29, 1.82) is 0 Å². The van der Waals surface area contributed by atoms with Crippen molar-refractivity contribution in [3.05, 3.63) is 63.8 Å². The summed E-state index contributed by atoms with van der Waals surface area (Å²) in [5.74, 6) is 3.03. The second-order valence-electron chi connectivity index (χ2n) is 9.94. The first kappa shape index (κ1) is 25.8. The zero-order chi connectivity index (χ0) is 25.9. The number of aryl methyl sites for hydroxylation is 1. The van der Waals surface area contributed by atoms with Crippen LogP contribution in [-0.4, -0.2) is 41.8 Å². The number of hydrogen-bond donors (Lipinski definition) is 2. The Labute approximate surface area is 227 Å². The van der Waals surface area contributed by atoms with Gasteiger partial charge in [0.1, 0.15) is 17.3 Å². The summed E-state index contributed by atoms with van der Waals surface area (Å²) in [6.07, 6.45) is 4.47. The summed E-state index contributed by atoms with van der Waals surface area (Å²) in [5, 5.41) is 13.7. The number of halogens is 2. The van der Waals surface area contributed by atoms with Gasteiger partial charge in [-0.1, -0.05) is 46.6 Å². The van der Waals surface area contributed by atoms with Crippen LogP contribution in [0.15, 0.2) is 47.0 Å². The van der Waals surface area contributed by atoms with Gasteiger partial charge >= 0.3 is 0 Å². The minimum absolute atomic E-state index is 0.377. The van der Waals surface area contributed by atoms with Crippen LogP contribution in [0.1, 0.15) is 37.0 Å². The Morgan fingerprint density at radius 3 is 2.43 bits per heavy atom. The van der Waals surface area contributed by atoms with Crippen molar-refractivity contribution in [3.63, 3.8) is 0 Å². The second kappa shape index (κ2) is 11.3.